The lowest BCUT2D eigenvalue weighted by molar-refractivity contribution is -0.384. The SMILES string of the molecule is Cl.O=[N+]([O-])c1ccc2oc(S(=O)(=O)C3CCCNC3)nc2c1. The molecule has 2 heterocycles. The van der Waals surface area contributed by atoms with E-state index in [-0.39, 0.29) is 34.4 Å². The molecule has 1 N–H and O–H groups in total. The maximum absolute atomic E-state index is 12.4. The fourth-order valence-electron chi connectivity index (χ4n) is 2.36. The standard InChI is InChI=1S/C12H13N3O5S.ClH/c16-15(17)8-3-4-11-10(6-8)14-12(20-11)21(18,19)9-2-1-5-13-7-9;/h3-4,6,9,13H,1-2,5,7H2;1H. The number of non-ortho nitro benzene ring substituents is 1. The van der Waals surface area contributed by atoms with Crippen LogP contribution in [0.4, 0.5) is 5.69 Å². The molecule has 1 unspecified atom stereocenters. The summed E-state index contributed by atoms with van der Waals surface area (Å²) in [6.07, 6.45) is 1.32. The molecule has 22 heavy (non-hydrogen) atoms. The first-order valence-corrected chi connectivity index (χ1v) is 8.03. The second-order valence-corrected chi connectivity index (χ2v) is 7.01. The number of benzene rings is 1. The third-order valence-corrected chi connectivity index (χ3v) is 5.44. The summed E-state index contributed by atoms with van der Waals surface area (Å²) in [5.41, 5.74) is 0.244. The van der Waals surface area contributed by atoms with E-state index in [1.54, 1.807) is 0 Å². The molecule has 1 aromatic heterocycles. The van der Waals surface area contributed by atoms with Crippen molar-refractivity contribution in [2.24, 2.45) is 0 Å². The van der Waals surface area contributed by atoms with Gasteiger partial charge in [0.25, 0.3) is 5.69 Å². The molecule has 0 radical (unpaired) electrons. The van der Waals surface area contributed by atoms with Crippen molar-refractivity contribution < 1.29 is 17.8 Å². The second-order valence-electron chi connectivity index (χ2n) is 4.90. The summed E-state index contributed by atoms with van der Waals surface area (Å²) in [5, 5.41) is 12.8. The predicted octanol–water partition coefficient (Wildman–Crippen LogP) is 1.68. The number of aromatic nitrogens is 1. The lowest BCUT2D eigenvalue weighted by Crippen LogP contribution is -2.38. The molecule has 0 spiro atoms. The summed E-state index contributed by atoms with van der Waals surface area (Å²) in [4.78, 5) is 14.1. The highest BCUT2D eigenvalue weighted by Crippen LogP contribution is 2.26. The molecule has 1 aliphatic heterocycles. The summed E-state index contributed by atoms with van der Waals surface area (Å²) >= 11 is 0. The molecular weight excluding hydrogens is 334 g/mol. The van der Waals surface area contributed by atoms with Gasteiger partial charge in [0.15, 0.2) is 5.58 Å². The highest BCUT2D eigenvalue weighted by Gasteiger charge is 2.33. The molecule has 3 rings (SSSR count). The van der Waals surface area contributed by atoms with Gasteiger partial charge in [-0.2, -0.15) is 4.98 Å². The molecule has 120 valence electrons. The van der Waals surface area contributed by atoms with Gasteiger partial charge in [0.05, 0.1) is 10.2 Å². The van der Waals surface area contributed by atoms with Crippen LogP contribution in [0, 0.1) is 10.1 Å². The van der Waals surface area contributed by atoms with Gasteiger partial charge in [-0.05, 0) is 25.5 Å². The fraction of sp³-hybridized carbons (Fsp3) is 0.417. The number of sulfone groups is 1. The Bertz CT molecular complexity index is 798. The normalized spacial score (nSPS) is 18.8. The number of oxazole rings is 1. The second kappa shape index (κ2) is 6.19. The summed E-state index contributed by atoms with van der Waals surface area (Å²) in [6.45, 7) is 1.16. The third-order valence-electron chi connectivity index (χ3n) is 3.50. The number of rotatable bonds is 3. The van der Waals surface area contributed by atoms with Gasteiger partial charge >= 0.3 is 5.22 Å². The van der Waals surface area contributed by atoms with Gasteiger partial charge in [0, 0.05) is 18.7 Å². The molecule has 2 aromatic rings. The molecule has 0 bridgehead atoms. The number of hydrogen-bond donors (Lipinski definition) is 1. The Balaban J connectivity index is 0.00000176. The Labute approximate surface area is 132 Å². The maximum Gasteiger partial charge on any atom is 0.316 e. The van der Waals surface area contributed by atoms with Crippen LogP contribution in [0.3, 0.4) is 0 Å². The van der Waals surface area contributed by atoms with E-state index < -0.39 is 20.0 Å². The van der Waals surface area contributed by atoms with E-state index in [4.69, 9.17) is 4.42 Å². The molecule has 0 amide bonds. The van der Waals surface area contributed by atoms with Gasteiger partial charge in [-0.15, -0.1) is 12.4 Å². The van der Waals surface area contributed by atoms with Crippen LogP contribution in [0.5, 0.6) is 0 Å². The smallest absolute Gasteiger partial charge is 0.316 e. The minimum atomic E-state index is -3.67. The average molecular weight is 348 g/mol. The van der Waals surface area contributed by atoms with E-state index >= 15 is 0 Å². The Hall–Kier alpha value is -1.71. The van der Waals surface area contributed by atoms with Gasteiger partial charge < -0.3 is 9.73 Å². The molecule has 0 aliphatic carbocycles. The van der Waals surface area contributed by atoms with Gasteiger partial charge in [-0.25, -0.2) is 8.42 Å². The first-order chi connectivity index (χ1) is 9.98. The Kier molecular flexibility index (Phi) is 4.69. The van der Waals surface area contributed by atoms with Gasteiger partial charge in [-0.3, -0.25) is 10.1 Å². The summed E-state index contributed by atoms with van der Waals surface area (Å²) in [7, 11) is -3.67. The molecular formula is C12H14ClN3O5S. The van der Waals surface area contributed by atoms with E-state index in [1.807, 2.05) is 0 Å². The first-order valence-electron chi connectivity index (χ1n) is 6.48. The number of hydrogen-bond acceptors (Lipinski definition) is 7. The predicted molar refractivity (Wildman–Crippen MR) is 81.0 cm³/mol. The molecule has 1 atom stereocenters. The highest BCUT2D eigenvalue weighted by atomic mass is 35.5. The fourth-order valence-corrected chi connectivity index (χ4v) is 3.89. The summed E-state index contributed by atoms with van der Waals surface area (Å²) < 4.78 is 30.2. The monoisotopic (exact) mass is 347 g/mol. The van der Waals surface area contributed by atoms with Crippen molar-refractivity contribution in [3.63, 3.8) is 0 Å². The quantitative estimate of drug-likeness (QED) is 0.663. The number of piperidine rings is 1. The van der Waals surface area contributed by atoms with E-state index in [0.29, 0.717) is 13.0 Å². The van der Waals surface area contributed by atoms with Crippen LogP contribution in [0.1, 0.15) is 12.8 Å². The zero-order valence-corrected chi connectivity index (χ0v) is 13.0. The van der Waals surface area contributed by atoms with Crippen LogP contribution in [-0.4, -0.2) is 36.7 Å². The van der Waals surface area contributed by atoms with Crippen molar-refractivity contribution >= 4 is 39.0 Å². The Morgan fingerprint density at radius 1 is 1.41 bits per heavy atom. The van der Waals surface area contributed by atoms with Gasteiger partial charge in [0.2, 0.25) is 9.84 Å². The minimum absolute atomic E-state index is 0. The number of nitrogens with one attached hydrogen (secondary N) is 1. The van der Waals surface area contributed by atoms with Crippen LogP contribution in [0.2, 0.25) is 0 Å². The zero-order chi connectivity index (χ0) is 15.0. The number of nitrogens with zero attached hydrogens (tertiary/aromatic N) is 2. The third kappa shape index (κ3) is 2.92. The van der Waals surface area contributed by atoms with E-state index in [1.165, 1.54) is 18.2 Å². The van der Waals surface area contributed by atoms with Crippen molar-refractivity contribution in [1.82, 2.24) is 10.3 Å². The van der Waals surface area contributed by atoms with Crippen molar-refractivity contribution in [2.75, 3.05) is 13.1 Å². The molecule has 8 nitrogen and oxygen atoms in total. The van der Waals surface area contributed by atoms with E-state index in [0.717, 1.165) is 13.0 Å². The van der Waals surface area contributed by atoms with E-state index in [2.05, 4.69) is 10.3 Å². The first kappa shape index (κ1) is 16.7. The van der Waals surface area contributed by atoms with Crippen molar-refractivity contribution in [1.29, 1.82) is 0 Å². The molecule has 1 saturated heterocycles. The van der Waals surface area contributed by atoms with Gasteiger partial charge in [-0.1, -0.05) is 0 Å². The largest absolute Gasteiger partial charge is 0.428 e. The molecule has 1 aromatic carbocycles. The lowest BCUT2D eigenvalue weighted by Gasteiger charge is -2.20. The lowest BCUT2D eigenvalue weighted by atomic mass is 10.2. The van der Waals surface area contributed by atoms with Crippen LogP contribution in [0.15, 0.2) is 27.8 Å². The molecule has 1 aliphatic rings. The average Bonchev–Trinajstić information content (AvgIpc) is 2.91. The van der Waals surface area contributed by atoms with Crippen LogP contribution in [0.25, 0.3) is 11.1 Å². The number of nitro groups is 1. The highest BCUT2D eigenvalue weighted by molar-refractivity contribution is 7.91. The topological polar surface area (TPSA) is 115 Å². The minimum Gasteiger partial charge on any atom is -0.428 e. The van der Waals surface area contributed by atoms with Crippen molar-refractivity contribution in [3.05, 3.63) is 28.3 Å². The summed E-state index contributed by atoms with van der Waals surface area (Å²) in [6, 6.07) is 3.82. The number of fused-ring (bicyclic) bond motifs is 1. The maximum atomic E-state index is 12.4. The van der Waals surface area contributed by atoms with E-state index in [9.17, 15) is 18.5 Å². The molecule has 1 fully saturated rings. The molecule has 10 heteroatoms. The zero-order valence-electron chi connectivity index (χ0n) is 11.4. The number of halogens is 1. The van der Waals surface area contributed by atoms with Gasteiger partial charge in [0.1, 0.15) is 5.52 Å². The Morgan fingerprint density at radius 3 is 2.82 bits per heavy atom. The van der Waals surface area contributed by atoms with Crippen LogP contribution >= 0.6 is 12.4 Å². The number of nitro benzene ring substituents is 1. The van der Waals surface area contributed by atoms with Crippen LogP contribution < -0.4 is 5.32 Å². The summed E-state index contributed by atoms with van der Waals surface area (Å²) in [5.74, 6) is 0. The Morgan fingerprint density at radius 2 is 2.18 bits per heavy atom. The van der Waals surface area contributed by atoms with Crippen LogP contribution in [-0.2, 0) is 9.84 Å². The van der Waals surface area contributed by atoms with Crippen molar-refractivity contribution in [3.8, 4) is 0 Å². The van der Waals surface area contributed by atoms with Crippen molar-refractivity contribution in [2.45, 2.75) is 23.3 Å². The molecule has 0 saturated carbocycles.